The van der Waals surface area contributed by atoms with Gasteiger partial charge in [0.15, 0.2) is 0 Å². The summed E-state index contributed by atoms with van der Waals surface area (Å²) in [5, 5.41) is 4.58. The lowest BCUT2D eigenvalue weighted by molar-refractivity contribution is -0.104. The molecular formula is C5H8N2O2. The SMILES string of the molecule is CNC(=O)N/C=C\C=O. The van der Waals surface area contributed by atoms with Gasteiger partial charge in [-0.1, -0.05) is 0 Å². The summed E-state index contributed by atoms with van der Waals surface area (Å²) < 4.78 is 0. The van der Waals surface area contributed by atoms with Crippen molar-refractivity contribution in [1.82, 2.24) is 10.6 Å². The monoisotopic (exact) mass is 128 g/mol. The highest BCUT2D eigenvalue weighted by atomic mass is 16.2. The molecule has 9 heavy (non-hydrogen) atoms. The van der Waals surface area contributed by atoms with Crippen LogP contribution in [0.4, 0.5) is 4.79 Å². The standard InChI is InChI=1S/C5H8N2O2/c1-6-5(9)7-3-2-4-8/h2-4H,1H3,(H2,6,7,9)/b3-2-. The van der Waals surface area contributed by atoms with E-state index >= 15 is 0 Å². The van der Waals surface area contributed by atoms with E-state index in [0.717, 1.165) is 0 Å². The lowest BCUT2D eigenvalue weighted by Crippen LogP contribution is -2.28. The first-order valence-corrected chi connectivity index (χ1v) is 2.40. The van der Waals surface area contributed by atoms with Crippen molar-refractivity contribution in [3.8, 4) is 0 Å². The summed E-state index contributed by atoms with van der Waals surface area (Å²) in [7, 11) is 1.49. The molecule has 4 heteroatoms. The molecule has 0 atom stereocenters. The Kier molecular flexibility index (Phi) is 4.12. The number of hydrogen-bond donors (Lipinski definition) is 2. The van der Waals surface area contributed by atoms with Gasteiger partial charge in [0.25, 0.3) is 0 Å². The van der Waals surface area contributed by atoms with Gasteiger partial charge in [-0.2, -0.15) is 0 Å². The molecule has 0 unspecified atom stereocenters. The van der Waals surface area contributed by atoms with Crippen molar-refractivity contribution in [2.24, 2.45) is 0 Å². The molecule has 0 saturated carbocycles. The third kappa shape index (κ3) is 4.53. The maximum absolute atomic E-state index is 10.3. The largest absolute Gasteiger partial charge is 0.341 e. The van der Waals surface area contributed by atoms with Crippen molar-refractivity contribution in [1.29, 1.82) is 0 Å². The van der Waals surface area contributed by atoms with Crippen molar-refractivity contribution in [3.05, 3.63) is 12.3 Å². The summed E-state index contributed by atoms with van der Waals surface area (Å²) >= 11 is 0. The molecule has 0 aromatic heterocycles. The number of allylic oxidation sites excluding steroid dienone is 1. The van der Waals surface area contributed by atoms with Crippen molar-refractivity contribution in [2.75, 3.05) is 7.05 Å². The van der Waals surface area contributed by atoms with Crippen LogP contribution < -0.4 is 10.6 Å². The molecular weight excluding hydrogens is 120 g/mol. The van der Waals surface area contributed by atoms with Crippen molar-refractivity contribution < 1.29 is 9.59 Å². The lowest BCUT2D eigenvalue weighted by atomic mass is 10.7. The highest BCUT2D eigenvalue weighted by Gasteiger charge is 1.85. The fourth-order valence-corrected chi connectivity index (χ4v) is 0.235. The van der Waals surface area contributed by atoms with E-state index in [2.05, 4.69) is 10.6 Å². The maximum atomic E-state index is 10.3. The number of rotatable bonds is 2. The molecule has 0 fully saturated rings. The van der Waals surface area contributed by atoms with Gasteiger partial charge in [-0.25, -0.2) is 4.79 Å². The van der Waals surface area contributed by atoms with Crippen LogP contribution in [0.25, 0.3) is 0 Å². The van der Waals surface area contributed by atoms with Crippen LogP contribution in [-0.2, 0) is 4.79 Å². The van der Waals surface area contributed by atoms with E-state index in [0.29, 0.717) is 6.29 Å². The quantitative estimate of drug-likeness (QED) is 0.393. The van der Waals surface area contributed by atoms with Crippen LogP contribution in [0.3, 0.4) is 0 Å². The maximum Gasteiger partial charge on any atom is 0.318 e. The molecule has 0 spiro atoms. The van der Waals surface area contributed by atoms with E-state index in [1.165, 1.54) is 19.3 Å². The zero-order valence-electron chi connectivity index (χ0n) is 5.05. The molecule has 0 saturated heterocycles. The summed E-state index contributed by atoms with van der Waals surface area (Å²) in [6.07, 6.45) is 3.02. The summed E-state index contributed by atoms with van der Waals surface area (Å²) in [4.78, 5) is 19.9. The van der Waals surface area contributed by atoms with E-state index in [1.807, 2.05) is 0 Å². The Bertz CT molecular complexity index is 131. The molecule has 0 aliphatic rings. The van der Waals surface area contributed by atoms with Gasteiger partial charge in [-0.15, -0.1) is 0 Å². The third-order valence-electron chi connectivity index (χ3n) is 0.616. The molecule has 0 heterocycles. The predicted molar refractivity (Wildman–Crippen MR) is 32.8 cm³/mol. The van der Waals surface area contributed by atoms with Crippen LogP contribution in [0.1, 0.15) is 0 Å². The molecule has 50 valence electrons. The van der Waals surface area contributed by atoms with Gasteiger partial charge in [0.1, 0.15) is 6.29 Å². The lowest BCUT2D eigenvalue weighted by Gasteiger charge is -1.93. The number of carbonyl (C=O) groups is 2. The summed E-state index contributed by atoms with van der Waals surface area (Å²) in [6, 6.07) is -0.340. The molecule has 2 N–H and O–H groups in total. The Labute approximate surface area is 52.9 Å². The topological polar surface area (TPSA) is 58.2 Å². The minimum absolute atomic E-state index is 0.340. The molecule has 0 aromatic carbocycles. The van der Waals surface area contributed by atoms with Crippen LogP contribution in [-0.4, -0.2) is 19.4 Å². The molecule has 0 rings (SSSR count). The van der Waals surface area contributed by atoms with Crippen molar-refractivity contribution in [2.45, 2.75) is 0 Å². The van der Waals surface area contributed by atoms with E-state index < -0.39 is 0 Å². The Morgan fingerprint density at radius 2 is 2.22 bits per heavy atom. The minimum atomic E-state index is -0.340. The molecule has 0 aromatic rings. The fourth-order valence-electron chi connectivity index (χ4n) is 0.235. The summed E-state index contributed by atoms with van der Waals surface area (Å²) in [5.41, 5.74) is 0. The molecule has 0 aliphatic heterocycles. The number of amides is 2. The molecule has 0 bridgehead atoms. The van der Waals surface area contributed by atoms with E-state index in [-0.39, 0.29) is 6.03 Å². The van der Waals surface area contributed by atoms with Crippen LogP contribution in [0, 0.1) is 0 Å². The van der Waals surface area contributed by atoms with Gasteiger partial charge >= 0.3 is 6.03 Å². The second-order valence-electron chi connectivity index (χ2n) is 1.22. The fraction of sp³-hybridized carbons (Fsp3) is 0.200. The van der Waals surface area contributed by atoms with Crippen LogP contribution in [0.2, 0.25) is 0 Å². The van der Waals surface area contributed by atoms with Crippen molar-refractivity contribution >= 4 is 12.3 Å². The Morgan fingerprint density at radius 3 is 2.67 bits per heavy atom. The Hall–Kier alpha value is -1.32. The van der Waals surface area contributed by atoms with Gasteiger partial charge in [-0.3, -0.25) is 4.79 Å². The van der Waals surface area contributed by atoms with Crippen molar-refractivity contribution in [3.63, 3.8) is 0 Å². The van der Waals surface area contributed by atoms with E-state index in [1.54, 1.807) is 0 Å². The smallest absolute Gasteiger partial charge is 0.318 e. The predicted octanol–water partition coefficient (Wildman–Crippen LogP) is -0.372. The zero-order chi connectivity index (χ0) is 7.11. The van der Waals surface area contributed by atoms with Crippen LogP contribution in [0.5, 0.6) is 0 Å². The molecule has 0 radical (unpaired) electrons. The number of carbonyl (C=O) groups excluding carboxylic acids is 2. The van der Waals surface area contributed by atoms with Gasteiger partial charge in [0, 0.05) is 13.2 Å². The van der Waals surface area contributed by atoms with Crippen LogP contribution >= 0.6 is 0 Å². The average molecular weight is 128 g/mol. The Morgan fingerprint density at radius 1 is 1.56 bits per heavy atom. The van der Waals surface area contributed by atoms with Crippen LogP contribution in [0.15, 0.2) is 12.3 Å². The highest BCUT2D eigenvalue weighted by Crippen LogP contribution is 1.61. The van der Waals surface area contributed by atoms with E-state index in [4.69, 9.17) is 0 Å². The third-order valence-corrected chi connectivity index (χ3v) is 0.616. The molecule has 4 nitrogen and oxygen atoms in total. The number of aldehydes is 1. The number of nitrogens with one attached hydrogen (secondary N) is 2. The summed E-state index contributed by atoms with van der Waals surface area (Å²) in [6.45, 7) is 0. The first-order valence-electron chi connectivity index (χ1n) is 2.40. The first kappa shape index (κ1) is 7.68. The zero-order valence-corrected chi connectivity index (χ0v) is 5.05. The minimum Gasteiger partial charge on any atom is -0.341 e. The average Bonchev–Trinajstić information content (AvgIpc) is 1.89. The summed E-state index contributed by atoms with van der Waals surface area (Å²) in [5.74, 6) is 0. The number of urea groups is 1. The second-order valence-corrected chi connectivity index (χ2v) is 1.22. The molecule has 2 amide bonds. The normalized spacial score (nSPS) is 9.00. The second kappa shape index (κ2) is 4.83. The van der Waals surface area contributed by atoms with E-state index in [9.17, 15) is 9.59 Å². The first-order chi connectivity index (χ1) is 4.31. The van der Waals surface area contributed by atoms with Gasteiger partial charge in [0.2, 0.25) is 0 Å². The van der Waals surface area contributed by atoms with Gasteiger partial charge in [0.05, 0.1) is 0 Å². The van der Waals surface area contributed by atoms with Gasteiger partial charge < -0.3 is 10.6 Å². The number of hydrogen-bond acceptors (Lipinski definition) is 2. The van der Waals surface area contributed by atoms with Gasteiger partial charge in [-0.05, 0) is 6.08 Å². The molecule has 0 aliphatic carbocycles. The Balaban J connectivity index is 3.37. The highest BCUT2D eigenvalue weighted by molar-refractivity contribution is 5.75.